The van der Waals surface area contributed by atoms with Crippen molar-refractivity contribution in [3.05, 3.63) is 48.3 Å². The molecule has 3 aromatic rings. The molecular weight excluding hydrogens is 377 g/mol. The number of halogens is 1. The zero-order chi connectivity index (χ0) is 20.5. The van der Waals surface area contributed by atoms with Crippen LogP contribution < -0.4 is 15.5 Å². The summed E-state index contributed by atoms with van der Waals surface area (Å²) in [5, 5.41) is 12.4. The molecule has 1 fully saturated rings. The summed E-state index contributed by atoms with van der Waals surface area (Å²) in [4.78, 5) is 37.7. The lowest BCUT2D eigenvalue weighted by molar-refractivity contribution is -0.122. The van der Waals surface area contributed by atoms with Crippen molar-refractivity contribution in [2.24, 2.45) is 5.92 Å². The van der Waals surface area contributed by atoms with Gasteiger partial charge in [-0.2, -0.15) is 5.10 Å². The molecule has 0 spiro atoms. The molecule has 8 nitrogen and oxygen atoms in total. The van der Waals surface area contributed by atoms with Crippen molar-refractivity contribution in [1.29, 1.82) is 0 Å². The van der Waals surface area contributed by atoms with Crippen molar-refractivity contribution >= 4 is 45.8 Å². The largest absolute Gasteiger partial charge is 0.326 e. The van der Waals surface area contributed by atoms with Crippen molar-refractivity contribution in [3.63, 3.8) is 0 Å². The number of fused-ring (bicyclic) bond motifs is 1. The maximum absolute atomic E-state index is 14.2. The van der Waals surface area contributed by atoms with E-state index in [0.29, 0.717) is 16.9 Å². The van der Waals surface area contributed by atoms with Crippen LogP contribution in [-0.4, -0.2) is 34.5 Å². The first-order valence-electron chi connectivity index (χ1n) is 9.04. The molecule has 3 N–H and O–H groups in total. The molecule has 0 radical (unpaired) electrons. The highest BCUT2D eigenvalue weighted by atomic mass is 19.1. The zero-order valence-corrected chi connectivity index (χ0v) is 15.5. The van der Waals surface area contributed by atoms with Crippen LogP contribution in [0.15, 0.2) is 42.5 Å². The molecule has 2 aromatic carbocycles. The number of hydrogen-bond donors (Lipinski definition) is 3. The lowest BCUT2D eigenvalue weighted by Crippen LogP contribution is -2.28. The van der Waals surface area contributed by atoms with Crippen LogP contribution in [-0.2, 0) is 14.4 Å². The van der Waals surface area contributed by atoms with Gasteiger partial charge < -0.3 is 10.6 Å². The first kappa shape index (κ1) is 18.6. The number of carbonyl (C=O) groups excluding carboxylic acids is 3. The molecule has 29 heavy (non-hydrogen) atoms. The van der Waals surface area contributed by atoms with Crippen LogP contribution >= 0.6 is 0 Å². The van der Waals surface area contributed by atoms with Gasteiger partial charge in [0.2, 0.25) is 17.7 Å². The number of hydrogen-bond acceptors (Lipinski definition) is 4. The van der Waals surface area contributed by atoms with E-state index in [1.807, 2.05) is 0 Å². The van der Waals surface area contributed by atoms with Crippen LogP contribution in [0.2, 0.25) is 0 Å². The minimum atomic E-state index is -0.606. The summed E-state index contributed by atoms with van der Waals surface area (Å²) in [6.07, 6.45) is 0.0000257. The molecule has 1 aliphatic heterocycles. The van der Waals surface area contributed by atoms with Crippen LogP contribution in [0, 0.1) is 11.7 Å². The third kappa shape index (κ3) is 3.66. The van der Waals surface area contributed by atoms with Crippen LogP contribution in [0.3, 0.4) is 0 Å². The van der Waals surface area contributed by atoms with Gasteiger partial charge in [0.05, 0.1) is 16.8 Å². The molecule has 3 amide bonds. The van der Waals surface area contributed by atoms with E-state index in [1.165, 1.54) is 17.9 Å². The first-order valence-corrected chi connectivity index (χ1v) is 9.04. The Morgan fingerprint density at radius 3 is 2.66 bits per heavy atom. The summed E-state index contributed by atoms with van der Waals surface area (Å²) < 4.78 is 14.2. The number of amides is 3. The number of carbonyl (C=O) groups is 3. The quantitative estimate of drug-likeness (QED) is 0.631. The Morgan fingerprint density at radius 1 is 1.17 bits per heavy atom. The fourth-order valence-corrected chi connectivity index (χ4v) is 3.42. The van der Waals surface area contributed by atoms with Crippen LogP contribution in [0.4, 0.5) is 21.6 Å². The van der Waals surface area contributed by atoms with E-state index in [-0.39, 0.29) is 41.9 Å². The Labute approximate surface area is 165 Å². The van der Waals surface area contributed by atoms with Gasteiger partial charge in [-0.1, -0.05) is 12.1 Å². The molecule has 0 saturated carbocycles. The number of nitrogens with zero attached hydrogens (tertiary/aromatic N) is 2. The number of H-pyrrole nitrogens is 1. The molecule has 1 aromatic heterocycles. The number of benzene rings is 2. The molecule has 1 atom stereocenters. The summed E-state index contributed by atoms with van der Waals surface area (Å²) in [5.41, 5.74) is 1.54. The summed E-state index contributed by atoms with van der Waals surface area (Å²) in [6, 6.07) is 11.2. The lowest BCUT2D eigenvalue weighted by Gasteiger charge is -2.15. The molecular formula is C20H18FN5O3. The van der Waals surface area contributed by atoms with E-state index >= 15 is 0 Å². The third-order valence-corrected chi connectivity index (χ3v) is 4.72. The van der Waals surface area contributed by atoms with E-state index in [4.69, 9.17) is 0 Å². The Kier molecular flexibility index (Phi) is 4.71. The minimum Gasteiger partial charge on any atom is -0.326 e. The maximum atomic E-state index is 14.2. The highest BCUT2D eigenvalue weighted by Crippen LogP contribution is 2.31. The molecule has 1 aliphatic rings. The first-order chi connectivity index (χ1) is 13.9. The Hall–Kier alpha value is -3.75. The number of nitrogens with one attached hydrogen (secondary N) is 3. The standard InChI is InChI=1S/C20H18FN5O3/c1-11(27)22-13-4-2-5-14(9-13)23-20(29)12-8-17(28)26(10-12)19-18-15(21)6-3-7-16(18)24-25-19/h2-7,9,12H,8,10H2,1H3,(H,22,27)(H,23,29)(H,24,25). The van der Waals surface area contributed by atoms with Crippen molar-refractivity contribution in [2.75, 3.05) is 22.1 Å². The van der Waals surface area contributed by atoms with Crippen molar-refractivity contribution < 1.29 is 18.8 Å². The Bertz CT molecular complexity index is 1130. The van der Waals surface area contributed by atoms with E-state index in [1.54, 1.807) is 36.4 Å². The summed E-state index contributed by atoms with van der Waals surface area (Å²) in [5.74, 6) is -1.75. The van der Waals surface area contributed by atoms with E-state index < -0.39 is 11.7 Å². The van der Waals surface area contributed by atoms with E-state index in [9.17, 15) is 18.8 Å². The van der Waals surface area contributed by atoms with Crippen molar-refractivity contribution in [1.82, 2.24) is 10.2 Å². The van der Waals surface area contributed by atoms with Crippen LogP contribution in [0.25, 0.3) is 10.9 Å². The highest BCUT2D eigenvalue weighted by Gasteiger charge is 2.37. The van der Waals surface area contributed by atoms with E-state index in [2.05, 4.69) is 20.8 Å². The van der Waals surface area contributed by atoms with Gasteiger partial charge in [0.1, 0.15) is 5.82 Å². The third-order valence-electron chi connectivity index (χ3n) is 4.72. The fraction of sp³-hybridized carbons (Fsp3) is 0.200. The van der Waals surface area contributed by atoms with Gasteiger partial charge in [-0.05, 0) is 30.3 Å². The number of aromatic amines is 1. The van der Waals surface area contributed by atoms with Crippen molar-refractivity contribution in [3.8, 4) is 0 Å². The monoisotopic (exact) mass is 395 g/mol. The zero-order valence-electron chi connectivity index (χ0n) is 15.5. The second-order valence-electron chi connectivity index (χ2n) is 6.87. The predicted octanol–water partition coefficient (Wildman–Crippen LogP) is 2.65. The lowest BCUT2D eigenvalue weighted by atomic mass is 10.1. The Balaban J connectivity index is 1.50. The van der Waals surface area contributed by atoms with Crippen LogP contribution in [0.1, 0.15) is 13.3 Å². The normalized spacial score (nSPS) is 16.3. The average Bonchev–Trinajstić information content (AvgIpc) is 3.25. The number of rotatable bonds is 4. The van der Waals surface area contributed by atoms with E-state index in [0.717, 1.165) is 0 Å². The molecule has 2 heterocycles. The van der Waals surface area contributed by atoms with Gasteiger partial charge >= 0.3 is 0 Å². The second-order valence-corrected chi connectivity index (χ2v) is 6.87. The fourth-order valence-electron chi connectivity index (χ4n) is 3.42. The number of anilines is 3. The van der Waals surface area contributed by atoms with Gasteiger partial charge in [0.25, 0.3) is 0 Å². The van der Waals surface area contributed by atoms with Gasteiger partial charge in [-0.3, -0.25) is 24.4 Å². The minimum absolute atomic E-state index is 0.0000257. The maximum Gasteiger partial charge on any atom is 0.229 e. The van der Waals surface area contributed by atoms with Gasteiger partial charge in [0, 0.05) is 31.3 Å². The van der Waals surface area contributed by atoms with Crippen LogP contribution in [0.5, 0.6) is 0 Å². The van der Waals surface area contributed by atoms with Gasteiger partial charge in [0.15, 0.2) is 5.82 Å². The molecule has 0 aliphatic carbocycles. The predicted molar refractivity (Wildman–Crippen MR) is 106 cm³/mol. The smallest absolute Gasteiger partial charge is 0.229 e. The molecule has 9 heteroatoms. The second kappa shape index (κ2) is 7.34. The molecule has 4 rings (SSSR count). The number of aromatic nitrogens is 2. The topological polar surface area (TPSA) is 107 Å². The summed E-state index contributed by atoms with van der Waals surface area (Å²) in [7, 11) is 0. The van der Waals surface area contributed by atoms with Gasteiger partial charge in [-0.25, -0.2) is 4.39 Å². The Morgan fingerprint density at radius 2 is 1.90 bits per heavy atom. The summed E-state index contributed by atoms with van der Waals surface area (Å²) in [6.45, 7) is 1.50. The molecule has 148 valence electrons. The van der Waals surface area contributed by atoms with Gasteiger partial charge in [-0.15, -0.1) is 0 Å². The molecule has 1 unspecified atom stereocenters. The SMILES string of the molecule is CC(=O)Nc1cccc(NC(=O)C2CC(=O)N(c3n[nH]c4cccc(F)c34)C2)c1. The highest BCUT2D eigenvalue weighted by molar-refractivity contribution is 6.07. The van der Waals surface area contributed by atoms with Crippen molar-refractivity contribution in [2.45, 2.75) is 13.3 Å². The molecule has 0 bridgehead atoms. The average molecular weight is 395 g/mol. The molecule has 1 saturated heterocycles. The summed E-state index contributed by atoms with van der Waals surface area (Å²) >= 11 is 0.